The Bertz CT molecular complexity index is 692. The van der Waals surface area contributed by atoms with Gasteiger partial charge in [0.2, 0.25) is 0 Å². The molecule has 0 saturated carbocycles. The average Bonchev–Trinajstić information content (AvgIpc) is 2.57. The summed E-state index contributed by atoms with van der Waals surface area (Å²) in [4.78, 5) is 16.1. The Kier molecular flexibility index (Phi) is 7.35. The second-order valence-corrected chi connectivity index (χ2v) is 6.30. The van der Waals surface area contributed by atoms with Crippen LogP contribution in [-0.4, -0.2) is 24.0 Å². The van der Waals surface area contributed by atoms with Crippen LogP contribution in [0, 0.1) is 0 Å². The van der Waals surface area contributed by atoms with E-state index in [1.54, 1.807) is 18.3 Å². The van der Waals surface area contributed by atoms with E-state index in [0.29, 0.717) is 28.8 Å². The van der Waals surface area contributed by atoms with Crippen LogP contribution in [-0.2, 0) is 6.42 Å². The molecular weight excluding hydrogens is 345 g/mol. The summed E-state index contributed by atoms with van der Waals surface area (Å²) in [6, 6.07) is 9.08. The van der Waals surface area contributed by atoms with E-state index in [-0.39, 0.29) is 5.91 Å². The van der Waals surface area contributed by atoms with E-state index in [9.17, 15) is 4.79 Å². The number of pyridine rings is 1. The van der Waals surface area contributed by atoms with Crippen LogP contribution in [0.5, 0.6) is 0 Å². The maximum Gasteiger partial charge on any atom is 0.269 e. The number of anilines is 1. The number of hydrogen-bond donors (Lipinski definition) is 2. The molecule has 2 N–H and O–H groups in total. The molecule has 0 aliphatic carbocycles. The van der Waals surface area contributed by atoms with Gasteiger partial charge in [-0.15, -0.1) is 0 Å². The maximum absolute atomic E-state index is 12.0. The number of rotatable bonds is 8. The highest BCUT2D eigenvalue weighted by atomic mass is 35.5. The molecular formula is C18H21Cl2N3O. The molecule has 2 rings (SSSR count). The van der Waals surface area contributed by atoms with Crippen molar-refractivity contribution in [2.45, 2.75) is 26.2 Å². The molecule has 6 heteroatoms. The third-order valence-corrected chi connectivity index (χ3v) is 4.13. The lowest BCUT2D eigenvalue weighted by atomic mass is 10.1. The SMILES string of the molecule is CCCCNC(=O)c1cc(NCCc2ccc(Cl)cc2Cl)ccn1. The summed E-state index contributed by atoms with van der Waals surface area (Å²) in [6.07, 6.45) is 4.40. The molecule has 1 aromatic heterocycles. The third-order valence-electron chi connectivity index (χ3n) is 3.55. The molecule has 1 aromatic carbocycles. The fourth-order valence-corrected chi connectivity index (χ4v) is 2.70. The van der Waals surface area contributed by atoms with Gasteiger partial charge in [0.05, 0.1) is 0 Å². The molecule has 0 bridgehead atoms. The van der Waals surface area contributed by atoms with Gasteiger partial charge in [0.15, 0.2) is 0 Å². The zero-order valence-corrected chi connectivity index (χ0v) is 15.1. The van der Waals surface area contributed by atoms with Crippen molar-refractivity contribution >= 4 is 34.8 Å². The lowest BCUT2D eigenvalue weighted by Gasteiger charge is -2.09. The predicted molar refractivity (Wildman–Crippen MR) is 100 cm³/mol. The van der Waals surface area contributed by atoms with Gasteiger partial charge >= 0.3 is 0 Å². The van der Waals surface area contributed by atoms with Crippen molar-refractivity contribution in [3.8, 4) is 0 Å². The van der Waals surface area contributed by atoms with Crippen molar-refractivity contribution in [2.24, 2.45) is 0 Å². The number of nitrogens with one attached hydrogen (secondary N) is 2. The van der Waals surface area contributed by atoms with Crippen LogP contribution in [0.25, 0.3) is 0 Å². The molecule has 0 radical (unpaired) electrons. The van der Waals surface area contributed by atoms with Crippen LogP contribution in [0.3, 0.4) is 0 Å². The Morgan fingerprint density at radius 1 is 1.17 bits per heavy atom. The number of unbranched alkanes of at least 4 members (excludes halogenated alkanes) is 1. The zero-order valence-electron chi connectivity index (χ0n) is 13.6. The minimum atomic E-state index is -0.146. The highest BCUT2D eigenvalue weighted by Gasteiger charge is 2.07. The van der Waals surface area contributed by atoms with E-state index >= 15 is 0 Å². The Balaban J connectivity index is 1.88. The summed E-state index contributed by atoms with van der Waals surface area (Å²) < 4.78 is 0. The smallest absolute Gasteiger partial charge is 0.269 e. The van der Waals surface area contributed by atoms with Gasteiger partial charge in [-0.25, -0.2) is 0 Å². The Morgan fingerprint density at radius 3 is 2.75 bits per heavy atom. The molecule has 4 nitrogen and oxygen atoms in total. The second-order valence-electron chi connectivity index (χ2n) is 5.45. The van der Waals surface area contributed by atoms with Crippen LogP contribution in [0.15, 0.2) is 36.5 Å². The van der Waals surface area contributed by atoms with Gasteiger partial charge in [0, 0.05) is 35.0 Å². The number of aromatic nitrogens is 1. The summed E-state index contributed by atoms with van der Waals surface area (Å²) in [7, 11) is 0. The van der Waals surface area contributed by atoms with E-state index < -0.39 is 0 Å². The van der Waals surface area contributed by atoms with Crippen LogP contribution >= 0.6 is 23.2 Å². The first-order chi connectivity index (χ1) is 11.6. The number of halogens is 2. The molecule has 0 aliphatic rings. The molecule has 0 atom stereocenters. The third kappa shape index (κ3) is 5.69. The lowest BCUT2D eigenvalue weighted by molar-refractivity contribution is 0.0948. The predicted octanol–water partition coefficient (Wildman–Crippen LogP) is 4.57. The van der Waals surface area contributed by atoms with Crippen LogP contribution in [0.2, 0.25) is 10.0 Å². The average molecular weight is 366 g/mol. The van der Waals surface area contributed by atoms with Gasteiger partial charge in [-0.05, 0) is 42.7 Å². The lowest BCUT2D eigenvalue weighted by Crippen LogP contribution is -2.25. The molecule has 1 amide bonds. The quantitative estimate of drug-likeness (QED) is 0.673. The first-order valence-corrected chi connectivity index (χ1v) is 8.77. The summed E-state index contributed by atoms with van der Waals surface area (Å²) in [6.45, 7) is 3.45. The van der Waals surface area contributed by atoms with E-state index in [1.165, 1.54) is 0 Å². The number of benzene rings is 1. The molecule has 128 valence electrons. The Labute approximate surface area is 152 Å². The first-order valence-electron chi connectivity index (χ1n) is 8.02. The van der Waals surface area contributed by atoms with Crippen molar-refractivity contribution in [1.29, 1.82) is 0 Å². The minimum Gasteiger partial charge on any atom is -0.385 e. The first kappa shape index (κ1) is 18.6. The Morgan fingerprint density at radius 2 is 2.00 bits per heavy atom. The van der Waals surface area contributed by atoms with Crippen molar-refractivity contribution in [3.05, 3.63) is 57.8 Å². The molecule has 1 heterocycles. The van der Waals surface area contributed by atoms with Crippen LogP contribution in [0.1, 0.15) is 35.8 Å². The van der Waals surface area contributed by atoms with Gasteiger partial charge in [-0.2, -0.15) is 0 Å². The minimum absolute atomic E-state index is 0.146. The van der Waals surface area contributed by atoms with Gasteiger partial charge < -0.3 is 10.6 Å². The summed E-state index contributed by atoms with van der Waals surface area (Å²) >= 11 is 12.1. The van der Waals surface area contributed by atoms with Crippen molar-refractivity contribution < 1.29 is 4.79 Å². The highest BCUT2D eigenvalue weighted by molar-refractivity contribution is 6.35. The highest BCUT2D eigenvalue weighted by Crippen LogP contribution is 2.21. The molecule has 0 fully saturated rings. The van der Waals surface area contributed by atoms with Crippen LogP contribution < -0.4 is 10.6 Å². The maximum atomic E-state index is 12.0. The molecule has 0 aliphatic heterocycles. The zero-order chi connectivity index (χ0) is 17.4. The van der Waals surface area contributed by atoms with Gasteiger partial charge in [-0.1, -0.05) is 42.6 Å². The molecule has 0 spiro atoms. The number of carbonyl (C=O) groups is 1. The largest absolute Gasteiger partial charge is 0.385 e. The fraction of sp³-hybridized carbons (Fsp3) is 0.333. The second kappa shape index (κ2) is 9.50. The normalized spacial score (nSPS) is 10.5. The molecule has 0 unspecified atom stereocenters. The monoisotopic (exact) mass is 365 g/mol. The summed E-state index contributed by atoms with van der Waals surface area (Å²) in [5.41, 5.74) is 2.30. The van der Waals surface area contributed by atoms with E-state index in [1.807, 2.05) is 18.2 Å². The van der Waals surface area contributed by atoms with Crippen LogP contribution in [0.4, 0.5) is 5.69 Å². The van der Waals surface area contributed by atoms with Gasteiger partial charge in [-0.3, -0.25) is 9.78 Å². The van der Waals surface area contributed by atoms with Crippen molar-refractivity contribution in [2.75, 3.05) is 18.4 Å². The standard InChI is InChI=1S/C18H21Cl2N3O/c1-2-3-8-23-18(24)17-12-15(7-10-22-17)21-9-6-13-4-5-14(19)11-16(13)20/h4-5,7,10-12H,2-3,6,8-9H2,1H3,(H,21,22)(H,23,24). The van der Waals surface area contributed by atoms with E-state index in [2.05, 4.69) is 22.5 Å². The molecule has 24 heavy (non-hydrogen) atoms. The van der Waals surface area contributed by atoms with E-state index in [0.717, 1.165) is 30.5 Å². The van der Waals surface area contributed by atoms with E-state index in [4.69, 9.17) is 23.2 Å². The number of hydrogen-bond acceptors (Lipinski definition) is 3. The van der Waals surface area contributed by atoms with Gasteiger partial charge in [0.1, 0.15) is 5.69 Å². The summed E-state index contributed by atoms with van der Waals surface area (Å²) in [5, 5.41) is 7.44. The van der Waals surface area contributed by atoms with Crippen molar-refractivity contribution in [1.82, 2.24) is 10.3 Å². The topological polar surface area (TPSA) is 54.0 Å². The molecule has 0 saturated heterocycles. The summed E-state index contributed by atoms with van der Waals surface area (Å²) in [5.74, 6) is -0.146. The molecule has 2 aromatic rings. The van der Waals surface area contributed by atoms with Gasteiger partial charge in [0.25, 0.3) is 5.91 Å². The Hall–Kier alpha value is -1.78. The number of carbonyl (C=O) groups excluding carboxylic acids is 1. The number of amides is 1. The van der Waals surface area contributed by atoms with Crippen molar-refractivity contribution in [3.63, 3.8) is 0 Å². The fourth-order valence-electron chi connectivity index (χ4n) is 2.20. The number of nitrogens with zero attached hydrogens (tertiary/aromatic N) is 1.